The minimum Gasteiger partial charge on any atom is -0.462 e. The average molecular weight is 315 g/mol. The number of hydrogen-bond donors (Lipinski definition) is 4. The van der Waals surface area contributed by atoms with Crippen molar-refractivity contribution in [3.05, 3.63) is 12.2 Å². The molecule has 0 aliphatic carbocycles. The highest BCUT2D eigenvalue weighted by atomic mass is 16.6. The second-order valence-corrected chi connectivity index (χ2v) is 4.88. The predicted molar refractivity (Wildman–Crippen MR) is 69.1 cm³/mol. The molecule has 1 aromatic heterocycles. The zero-order chi connectivity index (χ0) is 16.4. The Balaban J connectivity index is 2.03. The highest BCUT2D eigenvalue weighted by Gasteiger charge is 2.45. The van der Waals surface area contributed by atoms with Gasteiger partial charge in [-0.15, -0.1) is 5.10 Å². The molecule has 2 heterocycles. The summed E-state index contributed by atoms with van der Waals surface area (Å²) in [4.78, 5) is 25.9. The number of carbonyl (C=O) groups is 2. The maximum Gasteiger partial charge on any atom is 0.322 e. The zero-order valence-corrected chi connectivity index (χ0v) is 11.7. The molecule has 0 saturated carbocycles. The van der Waals surface area contributed by atoms with Gasteiger partial charge in [-0.3, -0.25) is 9.59 Å². The van der Waals surface area contributed by atoms with Crippen LogP contribution in [-0.2, 0) is 14.3 Å². The number of nitrogens with two attached hydrogens (primary N) is 2. The molecule has 1 fully saturated rings. The molecule has 11 heteroatoms. The molecule has 122 valence electrons. The number of nitrogens with zero attached hydrogens (tertiary/aromatic N) is 3. The maximum atomic E-state index is 11.3. The molecular weight excluding hydrogens is 298 g/mol. The van der Waals surface area contributed by atoms with Crippen molar-refractivity contribution in [2.45, 2.75) is 37.5 Å². The number of ether oxygens (including phenoxy) is 2. The van der Waals surface area contributed by atoms with Gasteiger partial charge in [-0.05, 0) is 6.92 Å². The number of amides is 1. The van der Waals surface area contributed by atoms with Gasteiger partial charge < -0.3 is 31.2 Å². The number of aliphatic hydroxyl groups excluding tert-OH is 2. The molecule has 1 saturated heterocycles. The average Bonchev–Trinajstić information content (AvgIpc) is 3.04. The third-order valence-electron chi connectivity index (χ3n) is 3.09. The summed E-state index contributed by atoms with van der Waals surface area (Å²) in [6.07, 6.45) is -3.58. The maximum absolute atomic E-state index is 11.3. The van der Waals surface area contributed by atoms with E-state index in [1.54, 1.807) is 0 Å². The summed E-state index contributed by atoms with van der Waals surface area (Å²) < 4.78 is 11.3. The number of aromatic nitrogens is 3. The summed E-state index contributed by atoms with van der Waals surface area (Å²) in [5, 5.41) is 23.6. The molecule has 22 heavy (non-hydrogen) atoms. The van der Waals surface area contributed by atoms with Crippen molar-refractivity contribution in [1.29, 1.82) is 0 Å². The number of hydrogen-bond acceptors (Lipinski definition) is 9. The van der Waals surface area contributed by atoms with Crippen LogP contribution in [0.1, 0.15) is 23.8 Å². The van der Waals surface area contributed by atoms with Crippen molar-refractivity contribution in [2.24, 2.45) is 11.5 Å². The monoisotopic (exact) mass is 315 g/mol. The Hall–Kier alpha value is -2.08. The minimum atomic E-state index is -1.35. The summed E-state index contributed by atoms with van der Waals surface area (Å²) in [5.41, 5.74) is 10.4. The van der Waals surface area contributed by atoms with E-state index in [2.05, 4.69) is 10.1 Å². The van der Waals surface area contributed by atoms with Crippen LogP contribution in [0, 0.1) is 0 Å². The molecule has 0 bridgehead atoms. The first-order valence-electron chi connectivity index (χ1n) is 6.46. The van der Waals surface area contributed by atoms with Gasteiger partial charge in [0, 0.05) is 0 Å². The lowest BCUT2D eigenvalue weighted by Gasteiger charge is -2.15. The van der Waals surface area contributed by atoms with Gasteiger partial charge in [0.15, 0.2) is 6.23 Å². The predicted octanol–water partition coefficient (Wildman–Crippen LogP) is -3.11. The molecule has 1 aliphatic heterocycles. The summed E-state index contributed by atoms with van der Waals surface area (Å²) in [6.45, 7) is 1.17. The van der Waals surface area contributed by atoms with Gasteiger partial charge in [0.2, 0.25) is 5.82 Å². The zero-order valence-electron chi connectivity index (χ0n) is 11.7. The molecule has 5 atom stereocenters. The molecule has 1 amide bonds. The molecule has 11 nitrogen and oxygen atoms in total. The quantitative estimate of drug-likeness (QED) is 0.409. The lowest BCUT2D eigenvalue weighted by Crippen LogP contribution is -2.36. The molecule has 2 rings (SSSR count). The van der Waals surface area contributed by atoms with Gasteiger partial charge in [0.25, 0.3) is 5.91 Å². The molecule has 0 spiro atoms. The highest BCUT2D eigenvalue weighted by Crippen LogP contribution is 2.28. The van der Waals surface area contributed by atoms with Crippen LogP contribution in [0.2, 0.25) is 0 Å². The van der Waals surface area contributed by atoms with E-state index < -0.39 is 42.5 Å². The van der Waals surface area contributed by atoms with Crippen molar-refractivity contribution >= 4 is 11.9 Å². The fourth-order valence-electron chi connectivity index (χ4n) is 1.89. The van der Waals surface area contributed by atoms with Gasteiger partial charge in [-0.25, -0.2) is 9.67 Å². The van der Waals surface area contributed by atoms with Crippen LogP contribution in [-0.4, -0.2) is 67.8 Å². The van der Waals surface area contributed by atoms with E-state index in [0.29, 0.717) is 0 Å². The van der Waals surface area contributed by atoms with Gasteiger partial charge in [-0.2, -0.15) is 0 Å². The Labute approximate surface area is 124 Å². The third-order valence-corrected chi connectivity index (χ3v) is 3.09. The van der Waals surface area contributed by atoms with Crippen molar-refractivity contribution < 1.29 is 29.3 Å². The van der Waals surface area contributed by atoms with Crippen LogP contribution in [0.4, 0.5) is 0 Å². The van der Waals surface area contributed by atoms with Crippen molar-refractivity contribution in [3.8, 4) is 0 Å². The summed E-state index contributed by atoms with van der Waals surface area (Å²) in [6, 6.07) is -0.812. The number of rotatable bonds is 5. The smallest absolute Gasteiger partial charge is 0.322 e. The van der Waals surface area contributed by atoms with E-state index in [-0.39, 0.29) is 12.4 Å². The number of aliphatic hydroxyl groups is 2. The fraction of sp³-hybridized carbons (Fsp3) is 0.636. The third kappa shape index (κ3) is 3.22. The topological polar surface area (TPSA) is 176 Å². The molecule has 0 unspecified atom stereocenters. The first-order chi connectivity index (χ1) is 10.3. The van der Waals surface area contributed by atoms with Gasteiger partial charge >= 0.3 is 5.97 Å². The van der Waals surface area contributed by atoms with E-state index >= 15 is 0 Å². The van der Waals surface area contributed by atoms with Crippen molar-refractivity contribution in [2.75, 3.05) is 6.61 Å². The molecule has 1 aliphatic rings. The second-order valence-electron chi connectivity index (χ2n) is 4.88. The Morgan fingerprint density at radius 1 is 1.50 bits per heavy atom. The van der Waals surface area contributed by atoms with Crippen LogP contribution in [0.15, 0.2) is 6.33 Å². The van der Waals surface area contributed by atoms with Crippen LogP contribution in [0.25, 0.3) is 0 Å². The van der Waals surface area contributed by atoms with Gasteiger partial charge in [-0.1, -0.05) is 0 Å². The molecule has 0 radical (unpaired) electrons. The summed E-state index contributed by atoms with van der Waals surface area (Å²) in [7, 11) is 0. The lowest BCUT2D eigenvalue weighted by molar-refractivity contribution is -0.151. The first-order valence-corrected chi connectivity index (χ1v) is 6.46. The molecule has 0 aromatic carbocycles. The van der Waals surface area contributed by atoms with Crippen LogP contribution >= 0.6 is 0 Å². The second kappa shape index (κ2) is 6.36. The van der Waals surface area contributed by atoms with Crippen LogP contribution in [0.5, 0.6) is 0 Å². The van der Waals surface area contributed by atoms with Crippen LogP contribution in [0.3, 0.4) is 0 Å². The van der Waals surface area contributed by atoms with Gasteiger partial charge in [0.05, 0.1) is 0 Å². The SMILES string of the molecule is C[C@H](N)C(=O)OC[C@@H]1O[C@H](n2cnc(C(N)=O)n2)[C@@H](O)[C@H]1O. The van der Waals surface area contributed by atoms with Crippen LogP contribution < -0.4 is 11.5 Å². The number of carbonyl (C=O) groups excluding carboxylic acids is 2. The van der Waals surface area contributed by atoms with E-state index in [4.69, 9.17) is 20.9 Å². The Kier molecular flexibility index (Phi) is 4.71. The normalized spacial score (nSPS) is 29.3. The first kappa shape index (κ1) is 16.3. The van der Waals surface area contributed by atoms with E-state index in [9.17, 15) is 19.8 Å². The largest absolute Gasteiger partial charge is 0.462 e. The Bertz CT molecular complexity index is 561. The number of esters is 1. The van der Waals surface area contributed by atoms with Crippen molar-refractivity contribution in [1.82, 2.24) is 14.8 Å². The van der Waals surface area contributed by atoms with E-state index in [1.165, 1.54) is 6.92 Å². The number of primary amides is 1. The minimum absolute atomic E-state index is 0.253. The van der Waals surface area contributed by atoms with Gasteiger partial charge in [0.1, 0.15) is 37.3 Å². The fourth-order valence-corrected chi connectivity index (χ4v) is 1.89. The Morgan fingerprint density at radius 2 is 2.18 bits per heavy atom. The summed E-state index contributed by atoms with van der Waals surface area (Å²) in [5.74, 6) is -1.75. The molecule has 6 N–H and O–H groups in total. The van der Waals surface area contributed by atoms with E-state index in [0.717, 1.165) is 11.0 Å². The lowest BCUT2D eigenvalue weighted by atomic mass is 10.1. The standard InChI is InChI=1S/C11H17N5O6/c1-4(12)11(20)21-2-5-6(17)7(18)10(22-5)16-3-14-9(15-16)8(13)19/h3-7,10,17-18H,2,12H2,1H3,(H2,13,19)/t4-,5-,6-,7-,10-/m0/s1. The van der Waals surface area contributed by atoms with E-state index in [1.807, 2.05) is 0 Å². The summed E-state index contributed by atoms with van der Waals surface area (Å²) >= 11 is 0. The highest BCUT2D eigenvalue weighted by molar-refractivity contribution is 5.88. The Morgan fingerprint density at radius 3 is 2.73 bits per heavy atom. The molecule has 1 aromatic rings. The van der Waals surface area contributed by atoms with Crippen molar-refractivity contribution in [3.63, 3.8) is 0 Å². The molecular formula is C11H17N5O6.